The molecule has 1 saturated carbocycles. The Morgan fingerprint density at radius 3 is 2.77 bits per heavy atom. The Hall–Kier alpha value is -3.28. The summed E-state index contributed by atoms with van der Waals surface area (Å²) < 4.78 is 14.1. The van der Waals surface area contributed by atoms with Crippen LogP contribution in [-0.4, -0.2) is 36.1 Å². The zero-order valence-electron chi connectivity index (χ0n) is 17.8. The quantitative estimate of drug-likeness (QED) is 0.580. The molecule has 0 bridgehead atoms. The number of benzene rings is 2. The Morgan fingerprint density at radius 1 is 1.16 bits per heavy atom. The summed E-state index contributed by atoms with van der Waals surface area (Å²) in [4.78, 5) is 19.5. The van der Waals surface area contributed by atoms with Gasteiger partial charge in [0.1, 0.15) is 18.0 Å². The van der Waals surface area contributed by atoms with Crippen LogP contribution in [0.5, 0.6) is 5.75 Å². The number of fused-ring (bicyclic) bond motifs is 6. The van der Waals surface area contributed by atoms with Crippen molar-refractivity contribution < 1.29 is 14.3 Å². The van der Waals surface area contributed by atoms with Gasteiger partial charge in [0.05, 0.1) is 24.3 Å². The van der Waals surface area contributed by atoms with Gasteiger partial charge in [-0.05, 0) is 42.7 Å². The van der Waals surface area contributed by atoms with Gasteiger partial charge in [-0.3, -0.25) is 9.79 Å². The van der Waals surface area contributed by atoms with Gasteiger partial charge in [0.25, 0.3) is 0 Å². The number of aromatic nitrogens is 1. The van der Waals surface area contributed by atoms with Crippen LogP contribution in [-0.2, 0) is 22.0 Å². The number of hydrogen-bond donors (Lipinski definition) is 0. The number of ether oxygens (including phenoxy) is 2. The summed E-state index contributed by atoms with van der Waals surface area (Å²) in [6.07, 6.45) is 8.25. The largest absolute Gasteiger partial charge is 0.468 e. The first-order valence-electron chi connectivity index (χ1n) is 10.9. The average molecular weight is 415 g/mol. The number of methoxy groups -OCH3 is 1. The maximum atomic E-state index is 12.5. The van der Waals surface area contributed by atoms with Crippen molar-refractivity contribution in [3.05, 3.63) is 54.2 Å². The van der Waals surface area contributed by atoms with Gasteiger partial charge in [-0.15, -0.1) is 0 Å². The fraction of sp³-hybridized carbons (Fsp3) is 0.360. The number of aryl methyl sites for hydroxylation is 1. The number of carbonyl (C=O) groups is 1. The minimum absolute atomic E-state index is 0.115. The zero-order valence-corrected chi connectivity index (χ0v) is 17.8. The molecule has 6 rings (SSSR count). The molecule has 1 atom stereocenters. The smallest absolute Gasteiger partial charge is 0.325 e. The van der Waals surface area contributed by atoms with E-state index in [1.807, 2.05) is 31.6 Å². The third-order valence-electron chi connectivity index (χ3n) is 7.41. The predicted octanol–water partition coefficient (Wildman–Crippen LogP) is 4.47. The van der Waals surface area contributed by atoms with E-state index in [1.165, 1.54) is 12.7 Å². The normalized spacial score (nSPS) is 22.7. The number of esters is 1. The van der Waals surface area contributed by atoms with Crippen molar-refractivity contribution in [3.63, 3.8) is 0 Å². The van der Waals surface area contributed by atoms with E-state index in [4.69, 9.17) is 14.5 Å². The summed E-state index contributed by atoms with van der Waals surface area (Å²) >= 11 is 0. The molecule has 2 spiro atoms. The number of aliphatic imine (C=N–C) groups is 1. The highest BCUT2D eigenvalue weighted by molar-refractivity contribution is 5.99. The van der Waals surface area contributed by atoms with Crippen molar-refractivity contribution in [1.82, 2.24) is 4.57 Å². The summed E-state index contributed by atoms with van der Waals surface area (Å²) in [5, 5.41) is 1.07. The number of carbonyl (C=O) groups excluding carboxylic acids is 1. The standard InChI is InChI=1S/C25H25N3O3/c1-27-14-11-17-19(27)9-10-21-23(17)26-16-25(31-21)24(12-5-6-13-24)18-7-3-4-8-20(18)28(25)15-22(29)30-2/h3-4,7-11,14,16H,5-6,12-13,15H2,1-2H3. The van der Waals surface area contributed by atoms with E-state index < -0.39 is 5.72 Å². The number of anilines is 1. The molecule has 1 aromatic heterocycles. The number of para-hydroxylation sites is 1. The van der Waals surface area contributed by atoms with Gasteiger partial charge in [0.15, 0.2) is 0 Å². The van der Waals surface area contributed by atoms with E-state index >= 15 is 0 Å². The third-order valence-corrected chi connectivity index (χ3v) is 7.41. The predicted molar refractivity (Wildman–Crippen MR) is 120 cm³/mol. The van der Waals surface area contributed by atoms with Gasteiger partial charge in [-0.25, -0.2) is 0 Å². The van der Waals surface area contributed by atoms with E-state index in [0.717, 1.165) is 53.7 Å². The van der Waals surface area contributed by atoms with Crippen LogP contribution >= 0.6 is 0 Å². The summed E-state index contributed by atoms with van der Waals surface area (Å²) in [7, 11) is 3.46. The fourth-order valence-corrected chi connectivity index (χ4v) is 5.97. The molecule has 6 heteroatoms. The van der Waals surface area contributed by atoms with Gasteiger partial charge in [0.2, 0.25) is 5.72 Å². The Labute approximate surface area is 181 Å². The minimum atomic E-state index is -0.850. The molecule has 0 saturated heterocycles. The molecule has 3 aromatic rings. The maximum absolute atomic E-state index is 12.5. The highest BCUT2D eigenvalue weighted by atomic mass is 16.5. The highest BCUT2D eigenvalue weighted by Gasteiger charge is 2.65. The molecule has 2 aromatic carbocycles. The van der Waals surface area contributed by atoms with Gasteiger partial charge in [-0.2, -0.15) is 0 Å². The Morgan fingerprint density at radius 2 is 1.97 bits per heavy atom. The monoisotopic (exact) mass is 415 g/mol. The average Bonchev–Trinajstić information content (AvgIpc) is 3.49. The molecule has 6 nitrogen and oxygen atoms in total. The second kappa shape index (κ2) is 6.36. The van der Waals surface area contributed by atoms with Crippen LogP contribution in [0.2, 0.25) is 0 Å². The summed E-state index contributed by atoms with van der Waals surface area (Å²) in [5.74, 6) is 0.473. The molecule has 158 valence electrons. The van der Waals surface area contributed by atoms with Crippen molar-refractivity contribution in [2.24, 2.45) is 12.0 Å². The molecule has 3 heterocycles. The van der Waals surface area contributed by atoms with Gasteiger partial charge in [0, 0.05) is 24.3 Å². The Balaban J connectivity index is 1.57. The minimum Gasteiger partial charge on any atom is -0.468 e. The summed E-state index contributed by atoms with van der Waals surface area (Å²) in [6.45, 7) is 0.115. The molecule has 0 N–H and O–H groups in total. The lowest BCUT2D eigenvalue weighted by atomic mass is 9.72. The van der Waals surface area contributed by atoms with Crippen LogP contribution < -0.4 is 9.64 Å². The lowest BCUT2D eigenvalue weighted by Gasteiger charge is -2.47. The van der Waals surface area contributed by atoms with Crippen molar-refractivity contribution >= 4 is 34.5 Å². The van der Waals surface area contributed by atoms with Crippen LogP contribution in [0.15, 0.2) is 53.7 Å². The van der Waals surface area contributed by atoms with Gasteiger partial charge in [-0.1, -0.05) is 31.0 Å². The van der Waals surface area contributed by atoms with E-state index in [0.29, 0.717) is 0 Å². The lowest BCUT2D eigenvalue weighted by molar-refractivity contribution is -0.139. The van der Waals surface area contributed by atoms with Crippen LogP contribution in [0.3, 0.4) is 0 Å². The van der Waals surface area contributed by atoms with Crippen LogP contribution in [0.1, 0.15) is 31.2 Å². The topological polar surface area (TPSA) is 56.1 Å². The Kier molecular flexibility index (Phi) is 3.79. The fourth-order valence-electron chi connectivity index (χ4n) is 5.97. The van der Waals surface area contributed by atoms with Gasteiger partial charge >= 0.3 is 5.97 Å². The second-order valence-corrected chi connectivity index (χ2v) is 8.80. The second-order valence-electron chi connectivity index (χ2n) is 8.80. The first-order chi connectivity index (χ1) is 15.1. The maximum Gasteiger partial charge on any atom is 0.325 e. The van der Waals surface area contributed by atoms with Gasteiger partial charge < -0.3 is 18.9 Å². The molecular weight excluding hydrogens is 390 g/mol. The molecule has 1 fully saturated rings. The first kappa shape index (κ1) is 18.5. The lowest BCUT2D eigenvalue weighted by Crippen LogP contribution is -2.64. The summed E-state index contributed by atoms with van der Waals surface area (Å²) in [5.41, 5.74) is 3.15. The first-order valence-corrected chi connectivity index (χ1v) is 10.9. The highest BCUT2D eigenvalue weighted by Crippen LogP contribution is 2.61. The number of nitrogens with zero attached hydrogens (tertiary/aromatic N) is 3. The Bertz CT molecular complexity index is 1240. The van der Waals surface area contributed by atoms with E-state index in [-0.39, 0.29) is 17.9 Å². The molecule has 0 radical (unpaired) electrons. The summed E-state index contributed by atoms with van der Waals surface area (Å²) in [6, 6.07) is 14.5. The van der Waals surface area contributed by atoms with Crippen LogP contribution in [0, 0.1) is 0 Å². The van der Waals surface area contributed by atoms with E-state index in [9.17, 15) is 4.79 Å². The molecule has 1 aliphatic carbocycles. The molecule has 2 aliphatic heterocycles. The van der Waals surface area contributed by atoms with Crippen molar-refractivity contribution in [3.8, 4) is 5.75 Å². The molecule has 0 amide bonds. The van der Waals surface area contributed by atoms with Crippen LogP contribution in [0.25, 0.3) is 10.9 Å². The van der Waals surface area contributed by atoms with Crippen LogP contribution in [0.4, 0.5) is 11.4 Å². The number of rotatable bonds is 2. The van der Waals surface area contributed by atoms with E-state index in [1.54, 1.807) is 0 Å². The SMILES string of the molecule is COC(=O)CN1c2ccccc2C2(CCCC2)C12C=Nc1c(ccc3c1ccn3C)O2. The van der Waals surface area contributed by atoms with E-state index in [2.05, 4.69) is 39.8 Å². The molecule has 3 aliphatic rings. The van der Waals surface area contributed by atoms with Crippen molar-refractivity contribution in [2.45, 2.75) is 36.8 Å². The third kappa shape index (κ3) is 2.27. The zero-order chi connectivity index (χ0) is 21.2. The molecule has 31 heavy (non-hydrogen) atoms. The molecular formula is C25H25N3O3. The van der Waals surface area contributed by atoms with Crippen molar-refractivity contribution in [1.29, 1.82) is 0 Å². The van der Waals surface area contributed by atoms with Crippen molar-refractivity contribution in [2.75, 3.05) is 18.6 Å². The molecule has 1 unspecified atom stereocenters. The number of hydrogen-bond acceptors (Lipinski definition) is 5.